The molecule has 0 amide bonds. The van der Waals surface area contributed by atoms with Crippen molar-refractivity contribution in [3.63, 3.8) is 0 Å². The summed E-state index contributed by atoms with van der Waals surface area (Å²) in [5, 5.41) is 9.12. The first-order valence-corrected chi connectivity index (χ1v) is 7.77. The normalized spacial score (nSPS) is 11.3. The highest BCUT2D eigenvalue weighted by atomic mass is 16.3. The van der Waals surface area contributed by atoms with Crippen LogP contribution < -0.4 is 0 Å². The van der Waals surface area contributed by atoms with Crippen LogP contribution in [0.5, 0.6) is 0 Å². The third-order valence-electron chi connectivity index (χ3n) is 4.14. The number of Topliss-reactive ketones (excluding diaryl/α,β-unsaturated/α-hetero) is 2. The van der Waals surface area contributed by atoms with Crippen LogP contribution in [0.25, 0.3) is 0 Å². The number of carbonyl (C=O) groups excluding carboxylic acids is 2. The lowest BCUT2D eigenvalue weighted by Gasteiger charge is -2.24. The van der Waals surface area contributed by atoms with Crippen molar-refractivity contribution in [3.8, 4) is 0 Å². The molecule has 0 radical (unpaired) electrons. The first-order valence-electron chi connectivity index (χ1n) is 7.77. The van der Waals surface area contributed by atoms with Crippen LogP contribution in [-0.4, -0.2) is 23.3 Å². The predicted molar refractivity (Wildman–Crippen MR) is 90.9 cm³/mol. The van der Waals surface area contributed by atoms with Gasteiger partial charge in [0.1, 0.15) is 0 Å². The molecule has 2 aromatic rings. The fourth-order valence-corrected chi connectivity index (χ4v) is 2.51. The van der Waals surface area contributed by atoms with E-state index >= 15 is 0 Å². The molecule has 0 bridgehead atoms. The SMILES string of the molecule is CC(C)(CCO)c1ccc(C(=O)CC(=O)c2ccccc2)cc1. The molecule has 3 heteroatoms. The van der Waals surface area contributed by atoms with Gasteiger partial charge in [0.2, 0.25) is 0 Å². The highest BCUT2D eigenvalue weighted by molar-refractivity contribution is 6.13. The van der Waals surface area contributed by atoms with Crippen molar-refractivity contribution in [2.24, 2.45) is 0 Å². The molecule has 0 spiro atoms. The number of aliphatic hydroxyl groups excluding tert-OH is 1. The average Bonchev–Trinajstić information content (AvgIpc) is 2.55. The fourth-order valence-electron chi connectivity index (χ4n) is 2.51. The van der Waals surface area contributed by atoms with Gasteiger partial charge in [-0.15, -0.1) is 0 Å². The van der Waals surface area contributed by atoms with Gasteiger partial charge in [0, 0.05) is 17.7 Å². The van der Waals surface area contributed by atoms with Gasteiger partial charge in [-0.25, -0.2) is 0 Å². The second-order valence-electron chi connectivity index (χ2n) is 6.32. The molecule has 0 saturated heterocycles. The predicted octanol–water partition coefficient (Wildman–Crippen LogP) is 3.80. The molecule has 1 N–H and O–H groups in total. The molecular weight excluding hydrogens is 288 g/mol. The van der Waals surface area contributed by atoms with E-state index in [0.29, 0.717) is 17.5 Å². The lowest BCUT2D eigenvalue weighted by molar-refractivity contribution is 0.0894. The Labute approximate surface area is 137 Å². The smallest absolute Gasteiger partial charge is 0.170 e. The second-order valence-corrected chi connectivity index (χ2v) is 6.32. The number of benzene rings is 2. The van der Waals surface area contributed by atoms with Gasteiger partial charge in [0.05, 0.1) is 6.42 Å². The molecular formula is C20H22O3. The lowest BCUT2D eigenvalue weighted by Crippen LogP contribution is -2.19. The van der Waals surface area contributed by atoms with Gasteiger partial charge in [0.25, 0.3) is 0 Å². The zero-order valence-electron chi connectivity index (χ0n) is 13.6. The third-order valence-corrected chi connectivity index (χ3v) is 4.14. The highest BCUT2D eigenvalue weighted by Gasteiger charge is 2.20. The van der Waals surface area contributed by atoms with E-state index in [0.717, 1.165) is 5.56 Å². The van der Waals surface area contributed by atoms with E-state index < -0.39 is 0 Å². The van der Waals surface area contributed by atoms with E-state index in [1.54, 1.807) is 36.4 Å². The van der Waals surface area contributed by atoms with Crippen molar-refractivity contribution >= 4 is 11.6 Å². The Bertz CT molecular complexity index is 670. The van der Waals surface area contributed by atoms with Gasteiger partial charge in [-0.2, -0.15) is 0 Å². The zero-order chi connectivity index (χ0) is 16.9. The maximum Gasteiger partial charge on any atom is 0.170 e. The van der Waals surface area contributed by atoms with Crippen molar-refractivity contribution in [3.05, 3.63) is 71.3 Å². The van der Waals surface area contributed by atoms with Crippen molar-refractivity contribution < 1.29 is 14.7 Å². The monoisotopic (exact) mass is 310 g/mol. The Morgan fingerprint density at radius 3 is 1.91 bits per heavy atom. The maximum absolute atomic E-state index is 12.3. The molecule has 120 valence electrons. The number of aliphatic hydroxyl groups is 1. The minimum absolute atomic E-state index is 0.122. The molecule has 0 unspecified atom stereocenters. The molecule has 0 aromatic heterocycles. The minimum atomic E-state index is -0.176. The van der Waals surface area contributed by atoms with Gasteiger partial charge in [-0.3, -0.25) is 9.59 Å². The van der Waals surface area contributed by atoms with E-state index in [4.69, 9.17) is 5.11 Å². The summed E-state index contributed by atoms with van der Waals surface area (Å²) in [7, 11) is 0. The molecule has 3 nitrogen and oxygen atoms in total. The summed E-state index contributed by atoms with van der Waals surface area (Å²) in [6, 6.07) is 16.2. The number of hydrogen-bond acceptors (Lipinski definition) is 3. The molecule has 0 fully saturated rings. The number of rotatable bonds is 7. The molecule has 0 aliphatic carbocycles. The van der Waals surface area contributed by atoms with E-state index in [2.05, 4.69) is 13.8 Å². The fraction of sp³-hybridized carbons (Fsp3) is 0.300. The van der Waals surface area contributed by atoms with Crippen molar-refractivity contribution in [1.29, 1.82) is 0 Å². The van der Waals surface area contributed by atoms with Crippen LogP contribution in [0.2, 0.25) is 0 Å². The number of carbonyl (C=O) groups is 2. The van der Waals surface area contributed by atoms with Crippen LogP contribution in [0, 0.1) is 0 Å². The number of ketones is 2. The Hall–Kier alpha value is -2.26. The van der Waals surface area contributed by atoms with Crippen LogP contribution in [0.3, 0.4) is 0 Å². The summed E-state index contributed by atoms with van der Waals surface area (Å²) in [6.45, 7) is 4.23. The minimum Gasteiger partial charge on any atom is -0.396 e. The number of hydrogen-bond donors (Lipinski definition) is 1. The molecule has 0 heterocycles. The summed E-state index contributed by atoms with van der Waals surface area (Å²) in [6.07, 6.45) is 0.538. The third kappa shape index (κ3) is 4.36. The lowest BCUT2D eigenvalue weighted by atomic mass is 9.81. The molecule has 23 heavy (non-hydrogen) atoms. The first kappa shape index (κ1) is 17.1. The van der Waals surface area contributed by atoms with Crippen molar-refractivity contribution in [2.75, 3.05) is 6.61 Å². The molecule has 0 aliphatic rings. The van der Waals surface area contributed by atoms with E-state index in [1.165, 1.54) is 0 Å². The van der Waals surface area contributed by atoms with Gasteiger partial charge in [0.15, 0.2) is 11.6 Å². The van der Waals surface area contributed by atoms with Crippen LogP contribution in [0.1, 0.15) is 53.0 Å². The summed E-state index contributed by atoms with van der Waals surface area (Å²) < 4.78 is 0. The molecule has 0 aliphatic heterocycles. The Kier molecular flexibility index (Phi) is 5.45. The topological polar surface area (TPSA) is 54.4 Å². The largest absolute Gasteiger partial charge is 0.396 e. The van der Waals surface area contributed by atoms with Crippen LogP contribution in [0.4, 0.5) is 0 Å². The van der Waals surface area contributed by atoms with Crippen LogP contribution in [-0.2, 0) is 5.41 Å². The van der Waals surface area contributed by atoms with Gasteiger partial charge in [-0.1, -0.05) is 68.4 Å². The van der Waals surface area contributed by atoms with Crippen LogP contribution >= 0.6 is 0 Å². The zero-order valence-corrected chi connectivity index (χ0v) is 13.6. The Morgan fingerprint density at radius 2 is 1.39 bits per heavy atom. The Balaban J connectivity index is 2.07. The van der Waals surface area contributed by atoms with E-state index in [-0.39, 0.29) is 30.0 Å². The van der Waals surface area contributed by atoms with Crippen LogP contribution in [0.15, 0.2) is 54.6 Å². The van der Waals surface area contributed by atoms with E-state index in [1.807, 2.05) is 18.2 Å². The Morgan fingerprint density at radius 1 is 0.870 bits per heavy atom. The standard InChI is InChI=1S/C20H22O3/c1-20(2,12-13-21)17-10-8-16(9-11-17)19(23)14-18(22)15-6-4-3-5-7-15/h3-11,21H,12-14H2,1-2H3. The van der Waals surface area contributed by atoms with E-state index in [9.17, 15) is 9.59 Å². The summed E-state index contributed by atoms with van der Waals surface area (Å²) in [5.74, 6) is -0.342. The van der Waals surface area contributed by atoms with Gasteiger partial charge < -0.3 is 5.11 Å². The summed E-state index contributed by atoms with van der Waals surface area (Å²) in [5.41, 5.74) is 2.02. The van der Waals surface area contributed by atoms with Gasteiger partial charge in [-0.05, 0) is 17.4 Å². The summed E-state index contributed by atoms with van der Waals surface area (Å²) in [4.78, 5) is 24.3. The molecule has 2 aromatic carbocycles. The summed E-state index contributed by atoms with van der Waals surface area (Å²) >= 11 is 0. The first-order chi connectivity index (χ1) is 10.9. The van der Waals surface area contributed by atoms with Crippen molar-refractivity contribution in [1.82, 2.24) is 0 Å². The quantitative estimate of drug-likeness (QED) is 0.625. The van der Waals surface area contributed by atoms with Crippen molar-refractivity contribution in [2.45, 2.75) is 32.1 Å². The molecule has 0 atom stereocenters. The average molecular weight is 310 g/mol. The molecule has 2 rings (SSSR count). The maximum atomic E-state index is 12.3. The van der Waals surface area contributed by atoms with Gasteiger partial charge >= 0.3 is 0 Å². The molecule has 0 saturated carbocycles. The highest BCUT2D eigenvalue weighted by Crippen LogP contribution is 2.27. The second kappa shape index (κ2) is 7.34.